The van der Waals surface area contributed by atoms with Crippen molar-refractivity contribution in [2.75, 3.05) is 43.2 Å². The first-order valence-electron chi connectivity index (χ1n) is 6.38. The minimum absolute atomic E-state index is 0.509. The molecule has 0 spiro atoms. The molecule has 6 nitrogen and oxygen atoms in total. The zero-order valence-electron chi connectivity index (χ0n) is 11.7. The third-order valence-corrected chi connectivity index (χ3v) is 2.63. The van der Waals surface area contributed by atoms with Gasteiger partial charge in [0.05, 0.1) is 12.2 Å². The van der Waals surface area contributed by atoms with E-state index in [1.807, 2.05) is 49.3 Å². The number of anilines is 3. The van der Waals surface area contributed by atoms with Gasteiger partial charge in [-0.2, -0.15) is 4.98 Å². The Balaban J connectivity index is 1.82. The maximum absolute atomic E-state index is 5.80. The highest BCUT2D eigenvalue weighted by Crippen LogP contribution is 2.19. The number of hydrogen-bond donors (Lipinski definition) is 2. The van der Waals surface area contributed by atoms with Gasteiger partial charge in [-0.25, -0.2) is 4.98 Å². The lowest BCUT2D eigenvalue weighted by atomic mass is 10.3. The Morgan fingerprint density at radius 1 is 1.25 bits per heavy atom. The molecule has 0 atom stereocenters. The molecule has 1 aromatic carbocycles. The Labute approximate surface area is 118 Å². The first-order valence-corrected chi connectivity index (χ1v) is 6.38. The summed E-state index contributed by atoms with van der Waals surface area (Å²) < 4.78 is 5.59. The summed E-state index contributed by atoms with van der Waals surface area (Å²) in [5.41, 5.74) is 6.44. The Hall–Kier alpha value is -2.50. The van der Waals surface area contributed by atoms with Crippen molar-refractivity contribution in [3.05, 3.63) is 36.5 Å². The van der Waals surface area contributed by atoms with Crippen molar-refractivity contribution in [2.24, 2.45) is 0 Å². The molecule has 2 aromatic rings. The summed E-state index contributed by atoms with van der Waals surface area (Å²) in [5, 5.41) is 3.19. The third kappa shape index (κ3) is 3.74. The lowest BCUT2D eigenvalue weighted by molar-refractivity contribution is 0.334. The molecule has 6 heteroatoms. The van der Waals surface area contributed by atoms with Gasteiger partial charge in [0.15, 0.2) is 0 Å². The average Bonchev–Trinajstić information content (AvgIpc) is 2.45. The van der Waals surface area contributed by atoms with E-state index in [0.29, 0.717) is 30.5 Å². The maximum atomic E-state index is 5.80. The van der Waals surface area contributed by atoms with Crippen LogP contribution in [0.2, 0.25) is 0 Å². The molecule has 2 rings (SSSR count). The van der Waals surface area contributed by atoms with E-state index >= 15 is 0 Å². The van der Waals surface area contributed by atoms with E-state index in [2.05, 4.69) is 15.3 Å². The van der Waals surface area contributed by atoms with E-state index in [9.17, 15) is 0 Å². The predicted molar refractivity (Wildman–Crippen MR) is 81.2 cm³/mol. The Morgan fingerprint density at radius 2 is 2.05 bits per heavy atom. The van der Waals surface area contributed by atoms with Crippen LogP contribution in [0.4, 0.5) is 17.5 Å². The summed E-state index contributed by atoms with van der Waals surface area (Å²) in [6, 6.07) is 9.27. The average molecular weight is 273 g/mol. The Morgan fingerprint density at radius 3 is 2.80 bits per heavy atom. The fourth-order valence-corrected chi connectivity index (χ4v) is 1.61. The first-order chi connectivity index (χ1) is 9.66. The molecule has 0 bridgehead atoms. The summed E-state index contributed by atoms with van der Waals surface area (Å²) in [6.45, 7) is 1.15. The first kappa shape index (κ1) is 13.9. The van der Waals surface area contributed by atoms with Crippen LogP contribution < -0.4 is 20.7 Å². The topological polar surface area (TPSA) is 76.3 Å². The van der Waals surface area contributed by atoms with Crippen molar-refractivity contribution in [3.63, 3.8) is 0 Å². The van der Waals surface area contributed by atoms with Gasteiger partial charge in [-0.05, 0) is 18.2 Å². The second-order valence-corrected chi connectivity index (χ2v) is 4.45. The molecular weight excluding hydrogens is 254 g/mol. The number of para-hydroxylation sites is 2. The van der Waals surface area contributed by atoms with Crippen LogP contribution in [0.15, 0.2) is 36.5 Å². The molecule has 1 heterocycles. The quantitative estimate of drug-likeness (QED) is 0.615. The molecule has 1 aromatic heterocycles. The number of nitrogens with two attached hydrogens (primary N) is 1. The number of aromatic nitrogens is 2. The van der Waals surface area contributed by atoms with E-state index in [1.54, 1.807) is 6.20 Å². The van der Waals surface area contributed by atoms with Crippen molar-refractivity contribution in [2.45, 2.75) is 0 Å². The van der Waals surface area contributed by atoms with E-state index in [1.165, 1.54) is 0 Å². The molecule has 0 aliphatic heterocycles. The molecule has 0 radical (unpaired) electrons. The standard InChI is InChI=1S/C14H19N5O/c1-19(2)14-17-8-7-13(18-14)16-9-10-20-12-6-4-3-5-11(12)15/h3-8H,9-10,15H2,1-2H3,(H,16,17,18). The van der Waals surface area contributed by atoms with Gasteiger partial charge in [-0.15, -0.1) is 0 Å². The molecule has 106 valence electrons. The maximum Gasteiger partial charge on any atom is 0.226 e. The monoisotopic (exact) mass is 273 g/mol. The van der Waals surface area contributed by atoms with Gasteiger partial charge in [0.25, 0.3) is 0 Å². The molecule has 0 saturated heterocycles. The second-order valence-electron chi connectivity index (χ2n) is 4.45. The van der Waals surface area contributed by atoms with Crippen LogP contribution in [0.5, 0.6) is 5.75 Å². The summed E-state index contributed by atoms with van der Waals surface area (Å²) in [6.07, 6.45) is 1.72. The number of hydrogen-bond acceptors (Lipinski definition) is 6. The predicted octanol–water partition coefficient (Wildman–Crippen LogP) is 1.62. The van der Waals surface area contributed by atoms with E-state index in [-0.39, 0.29) is 0 Å². The van der Waals surface area contributed by atoms with Crippen LogP contribution in [0, 0.1) is 0 Å². The van der Waals surface area contributed by atoms with Crippen molar-refractivity contribution >= 4 is 17.5 Å². The highest BCUT2D eigenvalue weighted by molar-refractivity contribution is 5.51. The van der Waals surface area contributed by atoms with Gasteiger partial charge in [-0.1, -0.05) is 12.1 Å². The highest BCUT2D eigenvalue weighted by Gasteiger charge is 2.01. The van der Waals surface area contributed by atoms with Gasteiger partial charge in [0.1, 0.15) is 18.2 Å². The number of benzene rings is 1. The van der Waals surface area contributed by atoms with Gasteiger partial charge in [0, 0.05) is 20.3 Å². The molecule has 0 aliphatic carbocycles. The molecule has 20 heavy (non-hydrogen) atoms. The van der Waals surface area contributed by atoms with Crippen molar-refractivity contribution in [3.8, 4) is 5.75 Å². The van der Waals surface area contributed by atoms with Gasteiger partial charge >= 0.3 is 0 Å². The number of nitrogen functional groups attached to an aromatic ring is 1. The minimum Gasteiger partial charge on any atom is -0.490 e. The number of nitrogens with zero attached hydrogens (tertiary/aromatic N) is 3. The summed E-state index contributed by atoms with van der Waals surface area (Å²) in [5.74, 6) is 2.14. The van der Waals surface area contributed by atoms with Gasteiger partial charge in [-0.3, -0.25) is 0 Å². The molecular formula is C14H19N5O. The smallest absolute Gasteiger partial charge is 0.226 e. The summed E-state index contributed by atoms with van der Waals surface area (Å²) in [7, 11) is 3.81. The minimum atomic E-state index is 0.509. The summed E-state index contributed by atoms with van der Waals surface area (Å²) >= 11 is 0. The highest BCUT2D eigenvalue weighted by atomic mass is 16.5. The molecule has 0 saturated carbocycles. The fourth-order valence-electron chi connectivity index (χ4n) is 1.61. The van der Waals surface area contributed by atoms with Crippen LogP contribution in [0.1, 0.15) is 0 Å². The molecule has 0 fully saturated rings. The SMILES string of the molecule is CN(C)c1nccc(NCCOc2ccccc2N)n1. The van der Waals surface area contributed by atoms with E-state index < -0.39 is 0 Å². The Kier molecular flexibility index (Phi) is 4.60. The largest absolute Gasteiger partial charge is 0.490 e. The molecule has 3 N–H and O–H groups in total. The van der Waals surface area contributed by atoms with Crippen LogP contribution in [0.25, 0.3) is 0 Å². The summed E-state index contributed by atoms with van der Waals surface area (Å²) in [4.78, 5) is 10.4. The second kappa shape index (κ2) is 6.60. The molecule has 0 unspecified atom stereocenters. The van der Waals surface area contributed by atoms with Crippen molar-refractivity contribution in [1.29, 1.82) is 0 Å². The van der Waals surface area contributed by atoms with Crippen LogP contribution in [-0.2, 0) is 0 Å². The van der Waals surface area contributed by atoms with E-state index in [4.69, 9.17) is 10.5 Å². The normalized spacial score (nSPS) is 10.1. The number of ether oxygens (including phenoxy) is 1. The van der Waals surface area contributed by atoms with Gasteiger partial charge in [0.2, 0.25) is 5.95 Å². The third-order valence-electron chi connectivity index (χ3n) is 2.63. The lowest BCUT2D eigenvalue weighted by Gasteiger charge is -2.12. The van der Waals surface area contributed by atoms with Gasteiger partial charge < -0.3 is 20.7 Å². The number of rotatable bonds is 6. The lowest BCUT2D eigenvalue weighted by Crippen LogP contribution is -2.16. The number of nitrogens with one attached hydrogen (secondary N) is 1. The van der Waals surface area contributed by atoms with Crippen molar-refractivity contribution in [1.82, 2.24) is 9.97 Å². The van der Waals surface area contributed by atoms with Crippen molar-refractivity contribution < 1.29 is 4.74 Å². The molecule has 0 amide bonds. The zero-order chi connectivity index (χ0) is 14.4. The van der Waals surface area contributed by atoms with Crippen LogP contribution >= 0.6 is 0 Å². The Bertz CT molecular complexity index is 559. The van der Waals surface area contributed by atoms with Crippen LogP contribution in [-0.4, -0.2) is 37.2 Å². The van der Waals surface area contributed by atoms with Crippen LogP contribution in [0.3, 0.4) is 0 Å². The molecule has 0 aliphatic rings. The fraction of sp³-hybridized carbons (Fsp3) is 0.286. The van der Waals surface area contributed by atoms with E-state index in [0.717, 1.165) is 5.82 Å². The zero-order valence-corrected chi connectivity index (χ0v) is 11.7.